The van der Waals surface area contributed by atoms with Gasteiger partial charge in [-0.15, -0.1) is 0 Å². The van der Waals surface area contributed by atoms with Gasteiger partial charge in [-0.1, -0.05) is 6.92 Å². The molecule has 12 heteroatoms. The number of ether oxygens (including phenoxy) is 1. The fraction of sp³-hybridized carbons (Fsp3) is 0.938. The van der Waals surface area contributed by atoms with Crippen molar-refractivity contribution in [3.05, 3.63) is 0 Å². The van der Waals surface area contributed by atoms with Crippen LogP contribution in [0.25, 0.3) is 0 Å². The second-order valence-electron chi connectivity index (χ2n) is 7.72. The summed E-state index contributed by atoms with van der Waals surface area (Å²) < 4.78 is 122. The molecule has 5 atom stereocenters. The third-order valence-corrected chi connectivity index (χ3v) is 6.23. The van der Waals surface area contributed by atoms with Crippen molar-refractivity contribution in [3.63, 3.8) is 0 Å². The Balaban J connectivity index is 2.17. The van der Waals surface area contributed by atoms with E-state index in [1.54, 1.807) is 0 Å². The molecule has 0 heterocycles. The summed E-state index contributed by atoms with van der Waals surface area (Å²) in [6.07, 6.45) is -20.1. The van der Waals surface area contributed by atoms with Crippen LogP contribution in [0.4, 0.5) is 39.5 Å². The Hall–Kier alpha value is -1.20. The minimum Gasteiger partial charge on any atom is -0.461 e. The van der Waals surface area contributed by atoms with Crippen LogP contribution in [0, 0.1) is 23.2 Å². The molecule has 0 aliphatic heterocycles. The van der Waals surface area contributed by atoms with E-state index in [0.717, 1.165) is 6.92 Å². The fourth-order valence-electron chi connectivity index (χ4n) is 4.19. The van der Waals surface area contributed by atoms with Crippen LogP contribution in [0.3, 0.4) is 0 Å². The van der Waals surface area contributed by atoms with Gasteiger partial charge in [-0.2, -0.15) is 39.5 Å². The summed E-state index contributed by atoms with van der Waals surface area (Å²) in [6.45, 7) is 1.73. The number of carbonyl (C=O) groups is 1. The topological polar surface area (TPSA) is 46.5 Å². The van der Waals surface area contributed by atoms with Crippen LogP contribution in [0.2, 0.25) is 0 Å². The van der Waals surface area contributed by atoms with Gasteiger partial charge in [-0.25, -0.2) is 0 Å². The van der Waals surface area contributed by atoms with E-state index in [4.69, 9.17) is 4.74 Å². The molecule has 28 heavy (non-hydrogen) atoms. The average Bonchev–Trinajstić information content (AvgIpc) is 3.09. The molecular weight excluding hydrogens is 411 g/mol. The summed E-state index contributed by atoms with van der Waals surface area (Å²) in [4.78, 5) is 12.0. The monoisotopic (exact) mass is 430 g/mol. The number of carbonyl (C=O) groups excluding carboxylic acids is 1. The number of esters is 1. The third-order valence-electron chi connectivity index (χ3n) is 6.23. The summed E-state index contributed by atoms with van der Waals surface area (Å²) in [5.74, 6) is -6.08. The number of halogens is 9. The number of hydrogen-bond acceptors (Lipinski definition) is 3. The van der Waals surface area contributed by atoms with E-state index in [1.807, 2.05) is 0 Å². The molecule has 5 unspecified atom stereocenters. The first-order valence-corrected chi connectivity index (χ1v) is 8.53. The Kier molecular flexibility index (Phi) is 5.49. The molecule has 0 spiro atoms. The molecule has 2 rings (SSSR count). The van der Waals surface area contributed by atoms with Gasteiger partial charge < -0.3 is 9.84 Å². The molecule has 2 aliphatic carbocycles. The average molecular weight is 430 g/mol. The minimum atomic E-state index is -5.97. The Bertz CT molecular complexity index is 596. The zero-order chi connectivity index (χ0) is 21.9. The van der Waals surface area contributed by atoms with Crippen LogP contribution >= 0.6 is 0 Å². The normalized spacial score (nSPS) is 31.0. The van der Waals surface area contributed by atoms with Gasteiger partial charge in [0.25, 0.3) is 5.60 Å². The van der Waals surface area contributed by atoms with Gasteiger partial charge in [0.05, 0.1) is 0 Å². The first-order chi connectivity index (χ1) is 12.4. The number of aliphatic hydroxyl groups is 1. The zero-order valence-electron chi connectivity index (χ0n) is 14.8. The molecule has 0 saturated heterocycles. The maximum Gasteiger partial charge on any atom is 0.426 e. The van der Waals surface area contributed by atoms with E-state index in [2.05, 4.69) is 0 Å². The number of hydrogen-bond donors (Lipinski definition) is 1. The summed E-state index contributed by atoms with van der Waals surface area (Å²) >= 11 is 0. The molecule has 2 aliphatic rings. The largest absolute Gasteiger partial charge is 0.461 e. The second kappa shape index (κ2) is 6.66. The van der Waals surface area contributed by atoms with E-state index in [9.17, 15) is 49.4 Å². The molecule has 3 nitrogen and oxygen atoms in total. The van der Waals surface area contributed by atoms with Crippen LogP contribution in [0.5, 0.6) is 0 Å². The van der Waals surface area contributed by atoms with Crippen molar-refractivity contribution in [2.75, 3.05) is 0 Å². The second-order valence-corrected chi connectivity index (χ2v) is 7.72. The number of alkyl halides is 9. The lowest BCUT2D eigenvalue weighted by molar-refractivity contribution is -0.389. The predicted octanol–water partition coefficient (Wildman–Crippen LogP) is 4.78. The van der Waals surface area contributed by atoms with Crippen molar-refractivity contribution < 1.29 is 54.2 Å². The lowest BCUT2D eigenvalue weighted by Gasteiger charge is -2.42. The molecule has 2 fully saturated rings. The van der Waals surface area contributed by atoms with Crippen LogP contribution in [-0.2, 0) is 9.53 Å². The fourth-order valence-corrected chi connectivity index (χ4v) is 4.19. The third kappa shape index (κ3) is 3.35. The summed E-state index contributed by atoms with van der Waals surface area (Å²) in [5.41, 5.74) is -7.74. The van der Waals surface area contributed by atoms with Gasteiger partial charge in [0, 0.05) is 5.92 Å². The molecular formula is C16H19F9O3. The van der Waals surface area contributed by atoms with Gasteiger partial charge in [0.1, 0.15) is 6.10 Å². The molecule has 0 aromatic heterocycles. The summed E-state index contributed by atoms with van der Waals surface area (Å²) in [7, 11) is 0. The summed E-state index contributed by atoms with van der Waals surface area (Å²) in [5, 5.41) is 9.54. The zero-order valence-corrected chi connectivity index (χ0v) is 14.8. The maximum absolute atomic E-state index is 13.1. The quantitative estimate of drug-likeness (QED) is 0.516. The smallest absolute Gasteiger partial charge is 0.426 e. The van der Waals surface area contributed by atoms with E-state index >= 15 is 0 Å². The van der Waals surface area contributed by atoms with Crippen LogP contribution in [-0.4, -0.2) is 41.3 Å². The Morgan fingerprint density at radius 3 is 1.71 bits per heavy atom. The van der Waals surface area contributed by atoms with Crippen LogP contribution in [0.15, 0.2) is 0 Å². The highest BCUT2D eigenvalue weighted by Crippen LogP contribution is 2.60. The van der Waals surface area contributed by atoms with Gasteiger partial charge in [-0.05, 0) is 44.4 Å². The highest BCUT2D eigenvalue weighted by Gasteiger charge is 2.76. The number of fused-ring (bicyclic) bond motifs is 2. The summed E-state index contributed by atoms with van der Waals surface area (Å²) in [6, 6.07) is 0. The lowest BCUT2D eigenvalue weighted by Crippen LogP contribution is -2.63. The van der Waals surface area contributed by atoms with Gasteiger partial charge in [0.2, 0.25) is 0 Å². The Morgan fingerprint density at radius 1 is 0.893 bits per heavy atom. The van der Waals surface area contributed by atoms with Crippen molar-refractivity contribution >= 4 is 5.97 Å². The van der Waals surface area contributed by atoms with Crippen molar-refractivity contribution in [1.82, 2.24) is 0 Å². The standard InChI is InChI=1S/C16H19F9O3/c1-3-12(2,14(17,18)19)11(26)28-10-6-7-4-8(10)5-9(7)13(27,15(20,21)22)16(23,24)25/h7-10,27H,3-6H2,1-2H3. The van der Waals surface area contributed by atoms with Gasteiger partial charge in [-0.3, -0.25) is 4.79 Å². The predicted molar refractivity (Wildman–Crippen MR) is 75.7 cm³/mol. The van der Waals surface area contributed by atoms with Gasteiger partial charge in [0.15, 0.2) is 5.41 Å². The van der Waals surface area contributed by atoms with E-state index in [1.165, 1.54) is 0 Å². The van der Waals surface area contributed by atoms with Crippen LogP contribution in [0.1, 0.15) is 39.5 Å². The molecule has 164 valence electrons. The van der Waals surface area contributed by atoms with Gasteiger partial charge >= 0.3 is 24.5 Å². The highest BCUT2D eigenvalue weighted by atomic mass is 19.4. The van der Waals surface area contributed by atoms with Crippen molar-refractivity contribution in [2.45, 2.75) is 69.8 Å². The minimum absolute atomic E-state index is 0.202. The maximum atomic E-state index is 13.1. The molecule has 0 amide bonds. The number of rotatable bonds is 4. The Morgan fingerprint density at radius 2 is 1.39 bits per heavy atom. The van der Waals surface area contributed by atoms with Crippen LogP contribution < -0.4 is 0 Å². The molecule has 2 bridgehead atoms. The molecule has 0 aromatic carbocycles. The molecule has 1 N–H and O–H groups in total. The SMILES string of the molecule is CCC(C)(C(=O)OC1CC2CC1CC2C(O)(C(F)(F)F)C(F)(F)F)C(F)(F)F. The molecule has 0 radical (unpaired) electrons. The van der Waals surface area contributed by atoms with Crippen molar-refractivity contribution in [1.29, 1.82) is 0 Å². The van der Waals surface area contributed by atoms with Crippen molar-refractivity contribution in [2.24, 2.45) is 23.2 Å². The van der Waals surface area contributed by atoms with E-state index in [-0.39, 0.29) is 6.42 Å². The highest BCUT2D eigenvalue weighted by molar-refractivity contribution is 5.77. The van der Waals surface area contributed by atoms with E-state index < -0.39 is 78.6 Å². The first-order valence-electron chi connectivity index (χ1n) is 8.53. The lowest BCUT2D eigenvalue weighted by atomic mass is 9.74. The molecule has 2 saturated carbocycles. The first kappa shape index (κ1) is 23.1. The molecule has 0 aromatic rings. The van der Waals surface area contributed by atoms with E-state index in [0.29, 0.717) is 6.92 Å². The van der Waals surface area contributed by atoms with Crippen molar-refractivity contribution in [3.8, 4) is 0 Å². The Labute approximate surface area is 154 Å².